The van der Waals surface area contributed by atoms with Gasteiger partial charge in [0.25, 0.3) is 0 Å². The van der Waals surface area contributed by atoms with E-state index >= 15 is 0 Å². The number of fused-ring (bicyclic) bond motifs is 1. The molecule has 2 aliphatic rings. The van der Waals surface area contributed by atoms with Gasteiger partial charge < -0.3 is 5.32 Å². The predicted molar refractivity (Wildman–Crippen MR) is 76.1 cm³/mol. The summed E-state index contributed by atoms with van der Waals surface area (Å²) >= 11 is 0. The Morgan fingerprint density at radius 1 is 1.11 bits per heavy atom. The van der Waals surface area contributed by atoms with Crippen LogP contribution in [0.5, 0.6) is 0 Å². The highest BCUT2D eigenvalue weighted by Crippen LogP contribution is 2.32. The number of sulfone groups is 1. The highest BCUT2D eigenvalue weighted by Gasteiger charge is 2.37. The minimum absolute atomic E-state index is 0.109. The summed E-state index contributed by atoms with van der Waals surface area (Å²) < 4.78 is 25.5. The summed E-state index contributed by atoms with van der Waals surface area (Å²) in [5, 5.41) is 2.91. The summed E-state index contributed by atoms with van der Waals surface area (Å²) in [6.07, 6.45) is 6.02. The Labute approximate surface area is 115 Å². The van der Waals surface area contributed by atoms with Gasteiger partial charge in [0.05, 0.1) is 10.1 Å². The second-order valence-electron chi connectivity index (χ2n) is 5.69. The zero-order valence-electron chi connectivity index (χ0n) is 11.4. The van der Waals surface area contributed by atoms with Gasteiger partial charge in [0, 0.05) is 6.04 Å². The average Bonchev–Trinajstić information content (AvgIpc) is 3.06. The molecule has 1 saturated carbocycles. The van der Waals surface area contributed by atoms with Crippen molar-refractivity contribution in [1.82, 2.24) is 5.32 Å². The van der Waals surface area contributed by atoms with Crippen LogP contribution in [0.4, 0.5) is 0 Å². The minimum atomic E-state index is -3.18. The average molecular weight is 279 g/mol. The second-order valence-corrected chi connectivity index (χ2v) is 7.86. The molecule has 1 aromatic rings. The van der Waals surface area contributed by atoms with Gasteiger partial charge in [-0.15, -0.1) is 0 Å². The molecule has 1 fully saturated rings. The minimum Gasteiger partial charge on any atom is -0.316 e. The monoisotopic (exact) mass is 279 g/mol. The Morgan fingerprint density at radius 3 is 2.68 bits per heavy atom. The Bertz CT molecular complexity index is 580. The molecule has 0 aliphatic heterocycles. The molecule has 2 aliphatic carbocycles. The molecule has 2 atom stereocenters. The molecule has 0 spiro atoms. The van der Waals surface area contributed by atoms with Crippen LogP contribution in [0.25, 0.3) is 0 Å². The summed E-state index contributed by atoms with van der Waals surface area (Å²) in [4.78, 5) is 0.528. The molecule has 0 radical (unpaired) electrons. The van der Waals surface area contributed by atoms with Gasteiger partial charge in [-0.2, -0.15) is 0 Å². The van der Waals surface area contributed by atoms with Crippen molar-refractivity contribution in [3.8, 4) is 0 Å². The van der Waals surface area contributed by atoms with Crippen LogP contribution in [-0.4, -0.2) is 26.8 Å². The largest absolute Gasteiger partial charge is 0.316 e. The van der Waals surface area contributed by atoms with E-state index in [-0.39, 0.29) is 11.3 Å². The SMILES string of the molecule is CNC1CCCC1S(=O)(=O)c1ccc2c(c1)CCC2. The van der Waals surface area contributed by atoms with E-state index in [0.29, 0.717) is 4.90 Å². The zero-order chi connectivity index (χ0) is 13.5. The summed E-state index contributed by atoms with van der Waals surface area (Å²) in [7, 11) is -1.32. The molecule has 3 rings (SSSR count). The van der Waals surface area contributed by atoms with E-state index < -0.39 is 9.84 Å². The maximum atomic E-state index is 12.8. The van der Waals surface area contributed by atoms with E-state index in [1.807, 2.05) is 25.2 Å². The molecule has 1 aromatic carbocycles. The van der Waals surface area contributed by atoms with Gasteiger partial charge in [0.1, 0.15) is 0 Å². The number of nitrogens with one attached hydrogen (secondary N) is 1. The van der Waals surface area contributed by atoms with Crippen molar-refractivity contribution in [3.05, 3.63) is 29.3 Å². The molecule has 0 amide bonds. The van der Waals surface area contributed by atoms with Gasteiger partial charge in [0.15, 0.2) is 9.84 Å². The first-order chi connectivity index (χ1) is 9.13. The second kappa shape index (κ2) is 4.91. The van der Waals surface area contributed by atoms with Crippen molar-refractivity contribution in [2.75, 3.05) is 7.05 Å². The zero-order valence-corrected chi connectivity index (χ0v) is 12.2. The van der Waals surface area contributed by atoms with E-state index in [4.69, 9.17) is 0 Å². The first-order valence-electron chi connectivity index (χ1n) is 7.16. The Hall–Kier alpha value is -0.870. The Kier molecular flexibility index (Phi) is 3.39. The van der Waals surface area contributed by atoms with Crippen molar-refractivity contribution in [3.63, 3.8) is 0 Å². The lowest BCUT2D eigenvalue weighted by atomic mass is 10.1. The van der Waals surface area contributed by atoms with Crippen molar-refractivity contribution in [2.45, 2.75) is 54.7 Å². The third kappa shape index (κ3) is 2.21. The fraction of sp³-hybridized carbons (Fsp3) is 0.600. The third-order valence-electron chi connectivity index (χ3n) is 4.62. The molecule has 2 unspecified atom stereocenters. The predicted octanol–water partition coefficient (Wildman–Crippen LogP) is 2.09. The maximum Gasteiger partial charge on any atom is 0.182 e. The summed E-state index contributed by atoms with van der Waals surface area (Å²) in [6.45, 7) is 0. The molecule has 1 N–H and O–H groups in total. The van der Waals surface area contributed by atoms with Gasteiger partial charge in [-0.05, 0) is 62.4 Å². The topological polar surface area (TPSA) is 46.2 Å². The number of hydrogen-bond acceptors (Lipinski definition) is 3. The molecular weight excluding hydrogens is 258 g/mol. The van der Waals surface area contributed by atoms with E-state index in [1.54, 1.807) is 0 Å². The molecule has 0 bridgehead atoms. The summed E-state index contributed by atoms with van der Waals surface area (Å²) in [5.74, 6) is 0. The van der Waals surface area contributed by atoms with Crippen LogP contribution < -0.4 is 5.32 Å². The lowest BCUT2D eigenvalue weighted by Gasteiger charge is -2.19. The van der Waals surface area contributed by atoms with Crippen molar-refractivity contribution >= 4 is 9.84 Å². The van der Waals surface area contributed by atoms with Gasteiger partial charge in [-0.3, -0.25) is 0 Å². The molecule has 104 valence electrons. The molecule has 0 saturated heterocycles. The van der Waals surface area contributed by atoms with Gasteiger partial charge in [0.2, 0.25) is 0 Å². The summed E-state index contributed by atoms with van der Waals surface area (Å²) in [5.41, 5.74) is 2.57. The first kappa shape index (κ1) is 13.1. The van der Waals surface area contributed by atoms with E-state index in [1.165, 1.54) is 11.1 Å². The number of benzene rings is 1. The number of aryl methyl sites for hydroxylation is 2. The molecule has 4 heteroatoms. The quantitative estimate of drug-likeness (QED) is 0.921. The molecular formula is C15H21NO2S. The van der Waals surface area contributed by atoms with Crippen LogP contribution in [0.1, 0.15) is 36.8 Å². The normalized spacial score (nSPS) is 26.6. The highest BCUT2D eigenvalue weighted by molar-refractivity contribution is 7.92. The number of hydrogen-bond donors (Lipinski definition) is 1. The summed E-state index contributed by atoms with van der Waals surface area (Å²) in [6, 6.07) is 5.85. The molecule has 3 nitrogen and oxygen atoms in total. The Balaban J connectivity index is 1.96. The van der Waals surface area contributed by atoms with Crippen molar-refractivity contribution in [2.24, 2.45) is 0 Å². The molecule has 0 aromatic heterocycles. The van der Waals surface area contributed by atoms with Crippen molar-refractivity contribution < 1.29 is 8.42 Å². The van der Waals surface area contributed by atoms with Gasteiger partial charge >= 0.3 is 0 Å². The fourth-order valence-electron chi connectivity index (χ4n) is 3.53. The van der Waals surface area contributed by atoms with E-state index in [2.05, 4.69) is 5.32 Å². The number of rotatable bonds is 3. The van der Waals surface area contributed by atoms with E-state index in [9.17, 15) is 8.42 Å². The lowest BCUT2D eigenvalue weighted by molar-refractivity contribution is 0.538. The fourth-order valence-corrected chi connectivity index (χ4v) is 5.62. The van der Waals surface area contributed by atoms with Gasteiger partial charge in [-0.25, -0.2) is 8.42 Å². The molecule has 0 heterocycles. The third-order valence-corrected chi connectivity index (χ3v) is 6.89. The van der Waals surface area contributed by atoms with Crippen LogP contribution in [-0.2, 0) is 22.7 Å². The first-order valence-corrected chi connectivity index (χ1v) is 8.70. The van der Waals surface area contributed by atoms with Crippen LogP contribution >= 0.6 is 0 Å². The van der Waals surface area contributed by atoms with Crippen LogP contribution in [0.2, 0.25) is 0 Å². The van der Waals surface area contributed by atoms with Crippen LogP contribution in [0, 0.1) is 0 Å². The lowest BCUT2D eigenvalue weighted by Crippen LogP contribution is -2.38. The molecule has 19 heavy (non-hydrogen) atoms. The van der Waals surface area contributed by atoms with Gasteiger partial charge in [-0.1, -0.05) is 12.5 Å². The van der Waals surface area contributed by atoms with Crippen LogP contribution in [0.15, 0.2) is 23.1 Å². The van der Waals surface area contributed by atoms with E-state index in [0.717, 1.165) is 38.5 Å². The standard InChI is InChI=1S/C15H21NO2S/c1-16-14-6-3-7-15(14)19(17,18)13-9-8-11-4-2-5-12(11)10-13/h8-10,14-16H,2-7H2,1H3. The Morgan fingerprint density at radius 2 is 1.89 bits per heavy atom. The maximum absolute atomic E-state index is 12.8. The van der Waals surface area contributed by atoms with Crippen LogP contribution in [0.3, 0.4) is 0 Å². The van der Waals surface area contributed by atoms with Crippen molar-refractivity contribution in [1.29, 1.82) is 0 Å². The highest BCUT2D eigenvalue weighted by atomic mass is 32.2. The smallest absolute Gasteiger partial charge is 0.182 e.